The summed E-state index contributed by atoms with van der Waals surface area (Å²) in [4.78, 5) is 10.9. The van der Waals surface area contributed by atoms with Crippen molar-refractivity contribution in [2.75, 3.05) is 0 Å². The number of rotatable bonds is 2. The van der Waals surface area contributed by atoms with E-state index in [1.807, 2.05) is 48.4 Å². The topological polar surface area (TPSA) is 26.3 Å². The fraction of sp³-hybridized carbons (Fsp3) is 0.0769. The number of ether oxygens (including phenoxy) is 1. The molecule has 1 unspecified atom stereocenters. The van der Waals surface area contributed by atoms with Crippen molar-refractivity contribution < 1.29 is 9.53 Å². The fourth-order valence-electron chi connectivity index (χ4n) is 1.45. The zero-order valence-electron chi connectivity index (χ0n) is 8.09. The molecule has 0 fully saturated rings. The van der Waals surface area contributed by atoms with E-state index in [9.17, 15) is 4.79 Å². The second kappa shape index (κ2) is 4.45. The summed E-state index contributed by atoms with van der Waals surface area (Å²) in [5, 5.41) is 0. The first-order valence-electron chi connectivity index (χ1n) is 4.71. The molecular weight excluding hydrogens is 188 g/mol. The summed E-state index contributed by atoms with van der Waals surface area (Å²) < 4.78 is 5.32. The van der Waals surface area contributed by atoms with Crippen LogP contribution in [0.2, 0.25) is 0 Å². The predicted molar refractivity (Wildman–Crippen MR) is 58.7 cm³/mol. The molecule has 0 N–H and O–H groups in total. The molecule has 1 aromatic rings. The van der Waals surface area contributed by atoms with Crippen molar-refractivity contribution in [3.63, 3.8) is 0 Å². The van der Waals surface area contributed by atoms with E-state index in [1.165, 1.54) is 0 Å². The van der Waals surface area contributed by atoms with Gasteiger partial charge in [0, 0.05) is 0 Å². The van der Waals surface area contributed by atoms with Crippen molar-refractivity contribution in [1.82, 2.24) is 0 Å². The van der Waals surface area contributed by atoms with Crippen LogP contribution in [0.4, 0.5) is 0 Å². The summed E-state index contributed by atoms with van der Waals surface area (Å²) in [5.74, 6) is 1.94. The molecule has 2 heteroatoms. The monoisotopic (exact) mass is 198 g/mol. The molecule has 1 atom stereocenters. The fourth-order valence-corrected chi connectivity index (χ4v) is 1.45. The third-order valence-corrected chi connectivity index (χ3v) is 2.18. The minimum absolute atomic E-state index is 0.324. The third kappa shape index (κ3) is 2.06. The Labute approximate surface area is 88.2 Å². The van der Waals surface area contributed by atoms with Gasteiger partial charge in [0.1, 0.15) is 5.94 Å². The van der Waals surface area contributed by atoms with E-state index in [1.54, 1.807) is 12.3 Å². The minimum atomic E-state index is -0.324. The molecule has 2 rings (SSSR count). The summed E-state index contributed by atoms with van der Waals surface area (Å²) in [7, 11) is 0. The van der Waals surface area contributed by atoms with Crippen molar-refractivity contribution in [2.24, 2.45) is 0 Å². The first-order chi connectivity index (χ1) is 7.42. The van der Waals surface area contributed by atoms with Gasteiger partial charge < -0.3 is 4.74 Å². The zero-order chi connectivity index (χ0) is 10.5. The summed E-state index contributed by atoms with van der Waals surface area (Å²) in [6, 6.07) is 9.42. The highest BCUT2D eigenvalue weighted by Gasteiger charge is 2.15. The van der Waals surface area contributed by atoms with E-state index in [0.29, 0.717) is 5.57 Å². The van der Waals surface area contributed by atoms with Crippen molar-refractivity contribution in [3.8, 4) is 0 Å². The van der Waals surface area contributed by atoms with E-state index in [0.717, 1.165) is 5.56 Å². The standard InChI is InChI=1S/C13H10O2/c14-10-12(11-6-2-1-3-7-11)13-8-4-5-9-15-13/h1-9,13H. The minimum Gasteiger partial charge on any atom is -0.488 e. The van der Waals surface area contributed by atoms with Crippen LogP contribution in [0.15, 0.2) is 54.8 Å². The lowest BCUT2D eigenvalue weighted by Gasteiger charge is -2.15. The molecule has 1 aliphatic heterocycles. The Morgan fingerprint density at radius 3 is 2.60 bits per heavy atom. The van der Waals surface area contributed by atoms with E-state index in [2.05, 4.69) is 0 Å². The molecule has 0 aromatic heterocycles. The van der Waals surface area contributed by atoms with Gasteiger partial charge in [-0.1, -0.05) is 36.4 Å². The van der Waals surface area contributed by atoms with Crippen molar-refractivity contribution in [1.29, 1.82) is 0 Å². The van der Waals surface area contributed by atoms with Gasteiger partial charge in [-0.15, -0.1) is 0 Å². The number of benzene rings is 1. The Morgan fingerprint density at radius 2 is 2.00 bits per heavy atom. The van der Waals surface area contributed by atoms with E-state index in [-0.39, 0.29) is 6.10 Å². The van der Waals surface area contributed by atoms with Crippen molar-refractivity contribution >= 4 is 11.5 Å². The Hall–Kier alpha value is -2.05. The first-order valence-corrected chi connectivity index (χ1v) is 4.71. The molecule has 0 bridgehead atoms. The number of hydrogen-bond acceptors (Lipinski definition) is 2. The molecule has 0 radical (unpaired) electrons. The lowest BCUT2D eigenvalue weighted by molar-refractivity contribution is 0.232. The average Bonchev–Trinajstić information content (AvgIpc) is 2.33. The van der Waals surface area contributed by atoms with Gasteiger partial charge in [-0.2, -0.15) is 0 Å². The van der Waals surface area contributed by atoms with Crippen LogP contribution < -0.4 is 0 Å². The molecular formula is C13H10O2. The summed E-state index contributed by atoms with van der Waals surface area (Å²) >= 11 is 0. The maximum absolute atomic E-state index is 10.9. The second-order valence-electron chi connectivity index (χ2n) is 3.15. The highest BCUT2D eigenvalue weighted by molar-refractivity contribution is 5.90. The van der Waals surface area contributed by atoms with E-state index >= 15 is 0 Å². The van der Waals surface area contributed by atoms with Crippen LogP contribution in [0.1, 0.15) is 5.56 Å². The van der Waals surface area contributed by atoms with Crippen LogP contribution >= 0.6 is 0 Å². The lowest BCUT2D eigenvalue weighted by Crippen LogP contribution is -2.11. The zero-order valence-corrected chi connectivity index (χ0v) is 8.09. The van der Waals surface area contributed by atoms with Gasteiger partial charge >= 0.3 is 0 Å². The molecule has 15 heavy (non-hydrogen) atoms. The van der Waals surface area contributed by atoms with Gasteiger partial charge in [0.2, 0.25) is 0 Å². The van der Waals surface area contributed by atoms with Crippen LogP contribution in [-0.4, -0.2) is 12.0 Å². The van der Waals surface area contributed by atoms with Crippen molar-refractivity contribution in [3.05, 3.63) is 60.4 Å². The molecule has 74 valence electrons. The Balaban J connectivity index is 2.30. The second-order valence-corrected chi connectivity index (χ2v) is 3.15. The predicted octanol–water partition coefficient (Wildman–Crippen LogP) is 2.37. The SMILES string of the molecule is O=C=C(c1ccccc1)C1C=CC=CO1. The maximum Gasteiger partial charge on any atom is 0.152 e. The Bertz CT molecular complexity index is 437. The summed E-state index contributed by atoms with van der Waals surface area (Å²) in [6.45, 7) is 0. The van der Waals surface area contributed by atoms with Crippen LogP contribution in [0.5, 0.6) is 0 Å². The highest BCUT2D eigenvalue weighted by atomic mass is 16.5. The van der Waals surface area contributed by atoms with Gasteiger partial charge in [0.15, 0.2) is 6.10 Å². The lowest BCUT2D eigenvalue weighted by atomic mass is 10.0. The summed E-state index contributed by atoms with van der Waals surface area (Å²) in [6.07, 6.45) is 6.71. The molecule has 2 nitrogen and oxygen atoms in total. The molecule has 1 aromatic carbocycles. The average molecular weight is 198 g/mol. The number of hydrogen-bond donors (Lipinski definition) is 0. The maximum atomic E-state index is 10.9. The molecule has 1 aliphatic rings. The Kier molecular flexibility index (Phi) is 2.82. The first kappa shape index (κ1) is 9.50. The van der Waals surface area contributed by atoms with Crippen LogP contribution in [0.3, 0.4) is 0 Å². The highest BCUT2D eigenvalue weighted by Crippen LogP contribution is 2.20. The van der Waals surface area contributed by atoms with Gasteiger partial charge in [0.05, 0.1) is 11.8 Å². The smallest absolute Gasteiger partial charge is 0.152 e. The van der Waals surface area contributed by atoms with Gasteiger partial charge in [-0.05, 0) is 17.7 Å². The molecule has 0 aliphatic carbocycles. The summed E-state index contributed by atoms with van der Waals surface area (Å²) in [5.41, 5.74) is 1.37. The largest absolute Gasteiger partial charge is 0.488 e. The molecule has 0 amide bonds. The Morgan fingerprint density at radius 1 is 1.20 bits per heavy atom. The van der Waals surface area contributed by atoms with Gasteiger partial charge in [-0.25, -0.2) is 4.79 Å². The molecule has 0 saturated heterocycles. The molecule has 1 heterocycles. The van der Waals surface area contributed by atoms with Crippen LogP contribution in [0.25, 0.3) is 5.57 Å². The van der Waals surface area contributed by atoms with E-state index in [4.69, 9.17) is 4.74 Å². The number of allylic oxidation sites excluding steroid dienone is 2. The molecule has 0 spiro atoms. The van der Waals surface area contributed by atoms with Gasteiger partial charge in [-0.3, -0.25) is 0 Å². The van der Waals surface area contributed by atoms with E-state index < -0.39 is 0 Å². The van der Waals surface area contributed by atoms with Crippen LogP contribution in [0, 0.1) is 0 Å². The third-order valence-electron chi connectivity index (χ3n) is 2.18. The van der Waals surface area contributed by atoms with Crippen LogP contribution in [-0.2, 0) is 9.53 Å². The molecule has 0 saturated carbocycles. The van der Waals surface area contributed by atoms with Crippen molar-refractivity contribution in [2.45, 2.75) is 6.10 Å². The number of carbonyl (C=O) groups excluding carboxylic acids is 1. The quantitative estimate of drug-likeness (QED) is 0.682. The normalized spacial score (nSPS) is 18.0. The van der Waals surface area contributed by atoms with Gasteiger partial charge in [0.25, 0.3) is 0 Å².